The van der Waals surface area contributed by atoms with Gasteiger partial charge in [-0.15, -0.1) is 0 Å². The molecule has 0 radical (unpaired) electrons. The standard InChI is InChI=1S/C27H38N4O5S/c1-26(2,3)21-16-28(13-14-29(21)25(34)35)11-7-6-8-12-30-24(37)31(23(33)27(30,4)5)19-9-10-20-18(15-19)17-36-22(20)32/h9-10,15,21H,6-8,11-14,16-17H2,1-5H3,(H,34,35). The number of nitrogens with zero attached hydrogens (tertiary/aromatic N) is 4. The van der Waals surface area contributed by atoms with Crippen molar-refractivity contribution in [1.82, 2.24) is 14.7 Å². The molecule has 2 fully saturated rings. The summed E-state index contributed by atoms with van der Waals surface area (Å²) in [4.78, 5) is 44.3. The number of cyclic esters (lactones) is 1. The number of amides is 2. The van der Waals surface area contributed by atoms with Gasteiger partial charge < -0.3 is 19.6 Å². The molecule has 10 heteroatoms. The molecule has 2 amide bonds. The normalized spacial score (nSPS) is 22.0. The van der Waals surface area contributed by atoms with Crippen molar-refractivity contribution in [1.29, 1.82) is 0 Å². The number of carboxylic acid groups (broad SMARTS) is 1. The minimum atomic E-state index is -0.839. The zero-order chi connectivity index (χ0) is 27.1. The van der Waals surface area contributed by atoms with Crippen LogP contribution in [0.5, 0.6) is 0 Å². The van der Waals surface area contributed by atoms with Gasteiger partial charge in [0, 0.05) is 31.7 Å². The topological polar surface area (TPSA) is 93.6 Å². The van der Waals surface area contributed by atoms with Crippen LogP contribution in [0.3, 0.4) is 0 Å². The molecule has 1 aromatic rings. The molecule has 4 rings (SSSR count). The number of carbonyl (C=O) groups excluding carboxylic acids is 2. The number of ether oxygens (including phenoxy) is 1. The molecule has 1 unspecified atom stereocenters. The van der Waals surface area contributed by atoms with Gasteiger partial charge in [0.05, 0.1) is 17.3 Å². The zero-order valence-corrected chi connectivity index (χ0v) is 23.3. The molecule has 9 nitrogen and oxygen atoms in total. The van der Waals surface area contributed by atoms with E-state index in [1.165, 1.54) is 0 Å². The molecule has 1 aromatic carbocycles. The van der Waals surface area contributed by atoms with Crippen LogP contribution in [-0.2, 0) is 16.1 Å². The molecule has 0 saturated carbocycles. The maximum absolute atomic E-state index is 13.3. The second-order valence-electron chi connectivity index (χ2n) is 11.8. The lowest BCUT2D eigenvalue weighted by molar-refractivity contribution is -0.123. The van der Waals surface area contributed by atoms with Gasteiger partial charge in [0.2, 0.25) is 0 Å². The van der Waals surface area contributed by atoms with Gasteiger partial charge in [-0.25, -0.2) is 9.59 Å². The Hall–Kier alpha value is -2.72. The molecule has 3 aliphatic heterocycles. The Kier molecular flexibility index (Phi) is 7.54. The average molecular weight is 531 g/mol. The lowest BCUT2D eigenvalue weighted by atomic mass is 9.84. The summed E-state index contributed by atoms with van der Waals surface area (Å²) >= 11 is 5.75. The Labute approximate surface area is 224 Å². The fourth-order valence-corrected chi connectivity index (χ4v) is 6.00. The Morgan fingerprint density at radius 1 is 1.14 bits per heavy atom. The number of thiocarbonyl (C=S) groups is 1. The second kappa shape index (κ2) is 10.2. The molecule has 2 saturated heterocycles. The van der Waals surface area contributed by atoms with Crippen molar-refractivity contribution in [3.63, 3.8) is 0 Å². The number of hydrogen-bond acceptors (Lipinski definition) is 6. The Bertz CT molecular complexity index is 1100. The van der Waals surface area contributed by atoms with Crippen LogP contribution in [0.25, 0.3) is 0 Å². The van der Waals surface area contributed by atoms with E-state index in [9.17, 15) is 19.5 Å². The van der Waals surface area contributed by atoms with Crippen molar-refractivity contribution in [2.75, 3.05) is 37.6 Å². The van der Waals surface area contributed by atoms with Gasteiger partial charge in [0.1, 0.15) is 12.1 Å². The van der Waals surface area contributed by atoms with Crippen molar-refractivity contribution < 1.29 is 24.2 Å². The molecule has 37 heavy (non-hydrogen) atoms. The predicted molar refractivity (Wildman–Crippen MR) is 145 cm³/mol. The summed E-state index contributed by atoms with van der Waals surface area (Å²) in [6.07, 6.45) is 2.05. The monoisotopic (exact) mass is 530 g/mol. The Morgan fingerprint density at radius 2 is 1.84 bits per heavy atom. The van der Waals surface area contributed by atoms with Crippen molar-refractivity contribution in [2.24, 2.45) is 5.41 Å². The van der Waals surface area contributed by atoms with Crippen LogP contribution >= 0.6 is 12.2 Å². The summed E-state index contributed by atoms with van der Waals surface area (Å²) in [5, 5.41) is 10.1. The molecular formula is C27H38N4O5S. The molecule has 3 heterocycles. The van der Waals surface area contributed by atoms with E-state index in [1.807, 2.05) is 24.8 Å². The number of piperazine rings is 1. The lowest BCUT2D eigenvalue weighted by Gasteiger charge is -2.46. The predicted octanol–water partition coefficient (Wildman–Crippen LogP) is 3.95. The van der Waals surface area contributed by atoms with E-state index in [2.05, 4.69) is 25.7 Å². The van der Waals surface area contributed by atoms with E-state index in [4.69, 9.17) is 17.0 Å². The highest BCUT2D eigenvalue weighted by atomic mass is 32.1. The third-order valence-electron chi connectivity index (χ3n) is 7.82. The van der Waals surface area contributed by atoms with Crippen molar-refractivity contribution >= 4 is 41.0 Å². The second-order valence-corrected chi connectivity index (χ2v) is 12.1. The summed E-state index contributed by atoms with van der Waals surface area (Å²) in [6.45, 7) is 13.9. The van der Waals surface area contributed by atoms with E-state index >= 15 is 0 Å². The fourth-order valence-electron chi connectivity index (χ4n) is 5.49. The van der Waals surface area contributed by atoms with Gasteiger partial charge in [-0.05, 0) is 69.1 Å². The van der Waals surface area contributed by atoms with Gasteiger partial charge in [-0.2, -0.15) is 0 Å². The van der Waals surface area contributed by atoms with Crippen LogP contribution < -0.4 is 4.90 Å². The SMILES string of the molecule is CC(C)(C)C1CN(CCCCCN2C(=S)N(c3ccc4c(c3)COC4=O)C(=O)C2(C)C)CCN1C(=O)O. The number of rotatable bonds is 7. The number of esters is 1. The molecule has 0 bridgehead atoms. The third-order valence-corrected chi connectivity index (χ3v) is 8.22. The van der Waals surface area contributed by atoms with Crippen LogP contribution in [0.15, 0.2) is 18.2 Å². The van der Waals surface area contributed by atoms with Gasteiger partial charge in [-0.3, -0.25) is 14.6 Å². The number of fused-ring (bicyclic) bond motifs is 1. The molecule has 1 N–H and O–H groups in total. The molecule has 0 aliphatic carbocycles. The summed E-state index contributed by atoms with van der Waals surface area (Å²) < 4.78 is 5.10. The highest BCUT2D eigenvalue weighted by Crippen LogP contribution is 2.35. The van der Waals surface area contributed by atoms with Gasteiger partial charge >= 0.3 is 12.1 Å². The molecular weight excluding hydrogens is 492 g/mol. The van der Waals surface area contributed by atoms with Crippen LogP contribution in [0.4, 0.5) is 10.5 Å². The smallest absolute Gasteiger partial charge is 0.407 e. The summed E-state index contributed by atoms with van der Waals surface area (Å²) in [6, 6.07) is 5.25. The van der Waals surface area contributed by atoms with Crippen molar-refractivity contribution in [3.05, 3.63) is 29.3 Å². The van der Waals surface area contributed by atoms with Gasteiger partial charge in [0.25, 0.3) is 5.91 Å². The van der Waals surface area contributed by atoms with E-state index in [1.54, 1.807) is 21.9 Å². The third kappa shape index (κ3) is 5.31. The average Bonchev–Trinajstić information content (AvgIpc) is 3.27. The van der Waals surface area contributed by atoms with E-state index in [-0.39, 0.29) is 29.9 Å². The molecule has 0 aromatic heterocycles. The summed E-state index contributed by atoms with van der Waals surface area (Å²) in [5.74, 6) is -0.413. The number of unbranched alkanes of at least 4 members (excludes halogenated alkanes) is 2. The number of hydrogen-bond donors (Lipinski definition) is 1. The molecule has 1 atom stereocenters. The highest BCUT2D eigenvalue weighted by Gasteiger charge is 2.49. The number of anilines is 1. The first-order chi connectivity index (χ1) is 17.3. The molecule has 0 spiro atoms. The van der Waals surface area contributed by atoms with Crippen LogP contribution in [0, 0.1) is 5.41 Å². The van der Waals surface area contributed by atoms with E-state index in [0.717, 1.165) is 44.5 Å². The summed E-state index contributed by atoms with van der Waals surface area (Å²) in [7, 11) is 0. The van der Waals surface area contributed by atoms with E-state index in [0.29, 0.717) is 29.5 Å². The maximum Gasteiger partial charge on any atom is 0.407 e. The van der Waals surface area contributed by atoms with Gasteiger partial charge in [-0.1, -0.05) is 27.2 Å². The lowest BCUT2D eigenvalue weighted by Crippen LogP contribution is -2.59. The minimum absolute atomic E-state index is 0.0255. The van der Waals surface area contributed by atoms with Crippen molar-refractivity contribution in [2.45, 2.75) is 72.1 Å². The van der Waals surface area contributed by atoms with E-state index < -0.39 is 11.6 Å². The molecule has 202 valence electrons. The Balaban J connectivity index is 1.31. The van der Waals surface area contributed by atoms with Crippen molar-refractivity contribution in [3.8, 4) is 0 Å². The first-order valence-corrected chi connectivity index (χ1v) is 13.4. The molecule has 3 aliphatic rings. The fraction of sp³-hybridized carbons (Fsp3) is 0.630. The summed E-state index contributed by atoms with van der Waals surface area (Å²) in [5.41, 5.74) is 1.10. The first kappa shape index (κ1) is 27.3. The largest absolute Gasteiger partial charge is 0.465 e. The van der Waals surface area contributed by atoms with Crippen LogP contribution in [0.2, 0.25) is 0 Å². The quantitative estimate of drug-likeness (QED) is 0.322. The zero-order valence-electron chi connectivity index (χ0n) is 22.5. The Morgan fingerprint density at radius 3 is 2.51 bits per heavy atom. The van der Waals surface area contributed by atoms with Crippen LogP contribution in [-0.4, -0.2) is 87.2 Å². The van der Waals surface area contributed by atoms with Gasteiger partial charge in [0.15, 0.2) is 5.11 Å². The maximum atomic E-state index is 13.3. The minimum Gasteiger partial charge on any atom is -0.465 e. The number of carbonyl (C=O) groups is 3. The highest BCUT2D eigenvalue weighted by molar-refractivity contribution is 7.80. The van der Waals surface area contributed by atoms with Crippen LogP contribution in [0.1, 0.15) is 69.8 Å². The number of benzene rings is 1. The first-order valence-electron chi connectivity index (χ1n) is 13.0.